The molecule has 0 fully saturated rings. The number of hydrogen-bond acceptors (Lipinski definition) is 5. The molecule has 11 heteroatoms. The molecule has 0 atom stereocenters. The summed E-state index contributed by atoms with van der Waals surface area (Å²) in [7, 11) is 0. The molecule has 0 aliphatic carbocycles. The van der Waals surface area contributed by atoms with Crippen LogP contribution in [-0.4, -0.2) is 31.1 Å². The predicted molar refractivity (Wildman–Crippen MR) is 77.8 cm³/mol. The number of nitrogens with zero attached hydrogens (tertiary/aromatic N) is 4. The van der Waals surface area contributed by atoms with E-state index >= 15 is 0 Å². The molecule has 0 saturated heterocycles. The number of halogens is 3. The largest absolute Gasteiger partial charge is 0.487 e. The average molecular weight is 352 g/mol. The van der Waals surface area contributed by atoms with Crippen molar-refractivity contribution in [2.75, 3.05) is 0 Å². The zero-order valence-corrected chi connectivity index (χ0v) is 12.5. The van der Waals surface area contributed by atoms with Gasteiger partial charge in [-0.2, -0.15) is 23.0 Å². The molecule has 3 rings (SSSR count). The van der Waals surface area contributed by atoms with E-state index in [-0.39, 0.29) is 23.7 Å². The number of hydrogen-bond donors (Lipinski definition) is 2. The summed E-state index contributed by atoms with van der Waals surface area (Å²) in [5.74, 6) is -0.247. The lowest BCUT2D eigenvalue weighted by atomic mass is 10.2. The molecule has 2 heterocycles. The highest BCUT2D eigenvalue weighted by Crippen LogP contribution is 2.30. The maximum absolute atomic E-state index is 12.5. The minimum Gasteiger partial charge on any atom is -0.487 e. The summed E-state index contributed by atoms with van der Waals surface area (Å²) in [4.78, 5) is 11.3. The van der Waals surface area contributed by atoms with Crippen LogP contribution in [-0.2, 0) is 12.8 Å². The molecular weight excluding hydrogens is 341 g/mol. The molecule has 0 bridgehead atoms. The number of nitrogens with one attached hydrogen (secondary N) is 1. The molecule has 1 aromatic carbocycles. The first-order valence-electron chi connectivity index (χ1n) is 6.90. The second kappa shape index (κ2) is 6.26. The summed E-state index contributed by atoms with van der Waals surface area (Å²) in [6.45, 7) is -0.0261. The standard InChI is InChI=1S/C14H11F3N6O2/c15-14(16,17)8-1-3-10(4-2-8)25-7-9-6-23(22-20-9)13-11(12(18)24)5-19-21-13/h1-6H,7H2,(H2,18,24)(H,19,21). The fraction of sp³-hybridized carbons (Fsp3) is 0.143. The lowest BCUT2D eigenvalue weighted by molar-refractivity contribution is -0.137. The van der Waals surface area contributed by atoms with Crippen molar-refractivity contribution in [3.63, 3.8) is 0 Å². The summed E-state index contributed by atoms with van der Waals surface area (Å²) in [6.07, 6.45) is -1.60. The van der Waals surface area contributed by atoms with Gasteiger partial charge in [-0.15, -0.1) is 5.10 Å². The van der Waals surface area contributed by atoms with E-state index in [0.29, 0.717) is 5.69 Å². The first kappa shape index (κ1) is 16.5. The summed E-state index contributed by atoms with van der Waals surface area (Å²) in [5, 5.41) is 14.0. The van der Waals surface area contributed by atoms with Crippen LogP contribution in [0.1, 0.15) is 21.6 Å². The average Bonchev–Trinajstić information content (AvgIpc) is 3.21. The van der Waals surface area contributed by atoms with Gasteiger partial charge in [0.1, 0.15) is 23.6 Å². The number of carbonyl (C=O) groups is 1. The van der Waals surface area contributed by atoms with Crippen molar-refractivity contribution in [1.29, 1.82) is 0 Å². The lowest BCUT2D eigenvalue weighted by Crippen LogP contribution is -2.13. The number of rotatable bonds is 5. The third-order valence-corrected chi connectivity index (χ3v) is 3.21. The van der Waals surface area contributed by atoms with Crippen LogP contribution in [0.2, 0.25) is 0 Å². The molecule has 8 nitrogen and oxygen atoms in total. The SMILES string of the molecule is NC(=O)c1c[nH]nc1-n1cc(COc2ccc(C(F)(F)F)cc2)nn1. The van der Waals surface area contributed by atoms with E-state index in [1.807, 2.05) is 0 Å². The van der Waals surface area contributed by atoms with Crippen molar-refractivity contribution in [2.45, 2.75) is 12.8 Å². The molecule has 0 radical (unpaired) electrons. The molecule has 1 amide bonds. The van der Waals surface area contributed by atoms with Gasteiger partial charge in [0.2, 0.25) is 0 Å². The third kappa shape index (κ3) is 3.59. The second-order valence-electron chi connectivity index (χ2n) is 4.95. The Morgan fingerprint density at radius 1 is 1.28 bits per heavy atom. The van der Waals surface area contributed by atoms with Crippen LogP contribution in [0.5, 0.6) is 5.75 Å². The molecular formula is C14H11F3N6O2. The lowest BCUT2D eigenvalue weighted by Gasteiger charge is -2.08. The Balaban J connectivity index is 1.68. The molecule has 0 aliphatic rings. The number of nitrogens with two attached hydrogens (primary N) is 1. The van der Waals surface area contributed by atoms with Gasteiger partial charge >= 0.3 is 6.18 Å². The van der Waals surface area contributed by atoms with Gasteiger partial charge in [0.05, 0.1) is 11.8 Å². The van der Waals surface area contributed by atoms with E-state index in [1.54, 1.807) is 0 Å². The van der Waals surface area contributed by atoms with Gasteiger partial charge in [-0.25, -0.2) is 0 Å². The molecule has 0 saturated carbocycles. The van der Waals surface area contributed by atoms with E-state index in [1.165, 1.54) is 29.2 Å². The zero-order valence-electron chi connectivity index (χ0n) is 12.5. The van der Waals surface area contributed by atoms with Gasteiger partial charge < -0.3 is 10.5 Å². The first-order chi connectivity index (χ1) is 11.8. The van der Waals surface area contributed by atoms with Crippen molar-refractivity contribution < 1.29 is 22.7 Å². The fourth-order valence-corrected chi connectivity index (χ4v) is 2.00. The van der Waals surface area contributed by atoms with Crippen LogP contribution in [0.4, 0.5) is 13.2 Å². The van der Waals surface area contributed by atoms with Crippen LogP contribution < -0.4 is 10.5 Å². The van der Waals surface area contributed by atoms with Gasteiger partial charge in [-0.1, -0.05) is 5.21 Å². The van der Waals surface area contributed by atoms with Crippen molar-refractivity contribution in [3.8, 4) is 11.6 Å². The first-order valence-corrected chi connectivity index (χ1v) is 6.90. The summed E-state index contributed by atoms with van der Waals surface area (Å²) in [6, 6.07) is 4.28. The maximum Gasteiger partial charge on any atom is 0.416 e. The van der Waals surface area contributed by atoms with Crippen LogP contribution in [0.25, 0.3) is 5.82 Å². The van der Waals surface area contributed by atoms with Crippen LogP contribution in [0.3, 0.4) is 0 Å². The predicted octanol–water partition coefficient (Wildman–Crippen LogP) is 1.69. The minimum atomic E-state index is -4.40. The number of aromatic amines is 1. The molecule has 25 heavy (non-hydrogen) atoms. The van der Waals surface area contributed by atoms with Gasteiger partial charge in [0.15, 0.2) is 5.82 Å². The molecule has 2 aromatic heterocycles. The number of ether oxygens (including phenoxy) is 1. The molecule has 0 spiro atoms. The van der Waals surface area contributed by atoms with Gasteiger partial charge in [0.25, 0.3) is 5.91 Å². The van der Waals surface area contributed by atoms with Gasteiger partial charge in [0, 0.05) is 6.20 Å². The van der Waals surface area contributed by atoms with E-state index in [9.17, 15) is 18.0 Å². The highest BCUT2D eigenvalue weighted by Gasteiger charge is 2.30. The Kier molecular flexibility index (Phi) is 4.13. The molecule has 3 N–H and O–H groups in total. The second-order valence-corrected chi connectivity index (χ2v) is 4.95. The third-order valence-electron chi connectivity index (χ3n) is 3.21. The Hall–Kier alpha value is -3.37. The van der Waals surface area contributed by atoms with Gasteiger partial charge in [-0.05, 0) is 24.3 Å². The van der Waals surface area contributed by atoms with Crippen molar-refractivity contribution in [1.82, 2.24) is 25.2 Å². The number of amides is 1. The smallest absolute Gasteiger partial charge is 0.416 e. The Bertz CT molecular complexity index is 885. The summed E-state index contributed by atoms with van der Waals surface area (Å²) in [5.41, 5.74) is 4.98. The zero-order chi connectivity index (χ0) is 18.0. The number of H-pyrrole nitrogens is 1. The van der Waals surface area contributed by atoms with Crippen molar-refractivity contribution in [2.24, 2.45) is 5.73 Å². The number of carbonyl (C=O) groups excluding carboxylic acids is 1. The monoisotopic (exact) mass is 352 g/mol. The number of benzene rings is 1. The van der Waals surface area contributed by atoms with E-state index in [2.05, 4.69) is 20.5 Å². The molecule has 0 unspecified atom stereocenters. The quantitative estimate of drug-likeness (QED) is 0.726. The number of alkyl halides is 3. The van der Waals surface area contributed by atoms with E-state index in [0.717, 1.165) is 12.1 Å². The highest BCUT2D eigenvalue weighted by atomic mass is 19.4. The van der Waals surface area contributed by atoms with E-state index in [4.69, 9.17) is 10.5 Å². The Morgan fingerprint density at radius 2 is 2.00 bits per heavy atom. The molecule has 130 valence electrons. The molecule has 0 aliphatic heterocycles. The maximum atomic E-state index is 12.5. The summed E-state index contributed by atoms with van der Waals surface area (Å²) < 4.78 is 44.1. The minimum absolute atomic E-state index is 0.0261. The van der Waals surface area contributed by atoms with Crippen molar-refractivity contribution in [3.05, 3.63) is 53.5 Å². The van der Waals surface area contributed by atoms with Crippen molar-refractivity contribution >= 4 is 5.91 Å². The normalized spacial score (nSPS) is 11.5. The van der Waals surface area contributed by atoms with Crippen LogP contribution in [0, 0.1) is 0 Å². The van der Waals surface area contributed by atoms with Crippen LogP contribution in [0.15, 0.2) is 36.7 Å². The number of primary amides is 1. The summed E-state index contributed by atoms with van der Waals surface area (Å²) >= 11 is 0. The van der Waals surface area contributed by atoms with Crippen LogP contribution >= 0.6 is 0 Å². The van der Waals surface area contributed by atoms with E-state index < -0.39 is 17.6 Å². The number of aromatic nitrogens is 5. The molecule has 3 aromatic rings. The topological polar surface area (TPSA) is 112 Å². The Labute approximate surface area is 138 Å². The Morgan fingerprint density at radius 3 is 2.64 bits per heavy atom. The van der Waals surface area contributed by atoms with Gasteiger partial charge in [-0.3, -0.25) is 9.89 Å². The highest BCUT2D eigenvalue weighted by molar-refractivity contribution is 5.95. The fourth-order valence-electron chi connectivity index (χ4n) is 2.00.